The van der Waals surface area contributed by atoms with Crippen molar-refractivity contribution in [1.29, 1.82) is 0 Å². The number of furan rings is 1. The van der Waals surface area contributed by atoms with Crippen LogP contribution in [-0.2, 0) is 4.79 Å². The average Bonchev–Trinajstić information content (AvgIpc) is 3.57. The second-order valence-corrected chi connectivity index (χ2v) is 10.8. The Hall–Kier alpha value is -4.08. The Balaban J connectivity index is 1.26. The summed E-state index contributed by atoms with van der Waals surface area (Å²) in [6.07, 6.45) is 1.92. The highest BCUT2D eigenvalue weighted by molar-refractivity contribution is 9.10. The van der Waals surface area contributed by atoms with Crippen molar-refractivity contribution in [2.75, 3.05) is 11.9 Å². The Kier molecular flexibility index (Phi) is 7.32. The second-order valence-electron chi connectivity index (χ2n) is 9.47. The Morgan fingerprint density at radius 2 is 1.88 bits per heavy atom. The molecule has 0 radical (unpaired) electrons. The third-order valence-corrected chi connectivity index (χ3v) is 7.80. The van der Waals surface area contributed by atoms with Crippen molar-refractivity contribution in [2.45, 2.75) is 18.5 Å². The van der Waals surface area contributed by atoms with Crippen LogP contribution in [0.5, 0.6) is 0 Å². The smallest absolute Gasteiger partial charge is 0.226 e. The number of carbonyl (C=O) groups is 1. The molecule has 3 heterocycles. The zero-order valence-corrected chi connectivity index (χ0v) is 23.6. The highest BCUT2D eigenvalue weighted by Gasteiger charge is 2.41. The molecule has 9 heteroatoms. The van der Waals surface area contributed by atoms with Crippen LogP contribution < -0.4 is 10.6 Å². The van der Waals surface area contributed by atoms with Crippen LogP contribution in [0.15, 0.2) is 106 Å². The van der Waals surface area contributed by atoms with Crippen LogP contribution in [0.25, 0.3) is 22.1 Å². The Morgan fingerprint density at radius 3 is 2.70 bits per heavy atom. The summed E-state index contributed by atoms with van der Waals surface area (Å²) in [7, 11) is 0. The molecule has 1 saturated heterocycles. The van der Waals surface area contributed by atoms with Crippen LogP contribution in [0, 0.1) is 5.82 Å². The number of carbonyl (C=O) groups excluding carboxylic acids is 1. The lowest BCUT2D eigenvalue weighted by molar-refractivity contribution is -0.116. The molecule has 0 bridgehead atoms. The first-order valence-electron chi connectivity index (χ1n) is 12.8. The molecule has 0 spiro atoms. The number of fused-ring (bicyclic) bond motifs is 1. The molecule has 1 fully saturated rings. The second kappa shape index (κ2) is 11.2. The van der Waals surface area contributed by atoms with E-state index in [1.54, 1.807) is 24.4 Å². The maximum Gasteiger partial charge on any atom is 0.226 e. The van der Waals surface area contributed by atoms with Gasteiger partial charge < -0.3 is 20.0 Å². The summed E-state index contributed by atoms with van der Waals surface area (Å²) in [5.74, 6) is 0.482. The predicted octanol–water partition coefficient (Wildman–Crippen LogP) is 7.40. The lowest BCUT2D eigenvalue weighted by Gasteiger charge is -2.26. The summed E-state index contributed by atoms with van der Waals surface area (Å²) in [5.41, 5.74) is 1.91. The molecule has 0 saturated carbocycles. The first-order chi connectivity index (χ1) is 19.5. The number of rotatable bonds is 7. The number of hydrogen-bond acceptors (Lipinski definition) is 4. The fraction of sp³-hybridized carbons (Fsp3) is 0.129. The monoisotopic (exact) mass is 614 g/mol. The fourth-order valence-electron chi connectivity index (χ4n) is 5.07. The lowest BCUT2D eigenvalue weighted by atomic mass is 10.0. The van der Waals surface area contributed by atoms with Gasteiger partial charge in [-0.05, 0) is 66.1 Å². The van der Waals surface area contributed by atoms with Crippen LogP contribution in [0.3, 0.4) is 0 Å². The third kappa shape index (κ3) is 5.22. The normalized spacial score (nSPS) is 16.8. The van der Waals surface area contributed by atoms with E-state index < -0.39 is 5.82 Å². The number of thiocarbonyl (C=S) groups is 1. The summed E-state index contributed by atoms with van der Waals surface area (Å²) in [4.78, 5) is 19.6. The molecule has 2 atom stereocenters. The molecule has 200 valence electrons. The average molecular weight is 616 g/mol. The molecule has 3 aromatic carbocycles. The van der Waals surface area contributed by atoms with E-state index in [-0.39, 0.29) is 24.4 Å². The largest absolute Gasteiger partial charge is 0.459 e. The van der Waals surface area contributed by atoms with Crippen molar-refractivity contribution in [1.82, 2.24) is 15.2 Å². The quantitative estimate of drug-likeness (QED) is 0.186. The number of benzene rings is 3. The van der Waals surface area contributed by atoms with Gasteiger partial charge in [0.05, 0.1) is 17.3 Å². The molecular formula is C31H24BrFN4O2S. The lowest BCUT2D eigenvalue weighted by Crippen LogP contribution is -2.32. The standard InChI is InChI=1S/C31H24BrFN4O2S/c32-20-11-12-22(23(33)18-20)26-13-14-27(39-26)30-29(25-9-3-4-16-34-25)36-31(40)37(30)17-15-28(38)35-24-10-5-7-19-6-1-2-8-21(19)24/h1-14,16,18,29-30H,15,17H2,(H,35,38)(H,36,40). The highest BCUT2D eigenvalue weighted by atomic mass is 79.9. The van der Waals surface area contributed by atoms with E-state index >= 15 is 0 Å². The van der Waals surface area contributed by atoms with Gasteiger partial charge in [-0.2, -0.15) is 0 Å². The number of anilines is 1. The number of pyridine rings is 1. The van der Waals surface area contributed by atoms with E-state index in [0.717, 1.165) is 22.2 Å². The summed E-state index contributed by atoms with van der Waals surface area (Å²) in [5, 5.41) is 8.93. The molecule has 1 aliphatic rings. The van der Waals surface area contributed by atoms with E-state index in [1.165, 1.54) is 6.07 Å². The SMILES string of the molecule is O=C(CCN1C(=S)NC(c2ccccn2)C1c1ccc(-c2ccc(Br)cc2F)o1)Nc1cccc2ccccc12. The molecule has 40 heavy (non-hydrogen) atoms. The van der Waals surface area contributed by atoms with Crippen molar-refractivity contribution in [2.24, 2.45) is 0 Å². The topological polar surface area (TPSA) is 70.4 Å². The van der Waals surface area contributed by atoms with E-state index in [0.29, 0.717) is 33.2 Å². The Labute approximate surface area is 244 Å². The van der Waals surface area contributed by atoms with Crippen molar-refractivity contribution in [3.63, 3.8) is 0 Å². The van der Waals surface area contributed by atoms with Crippen LogP contribution in [0.4, 0.5) is 10.1 Å². The number of halogens is 2. The first kappa shape index (κ1) is 26.2. The van der Waals surface area contributed by atoms with Gasteiger partial charge in [0.1, 0.15) is 23.4 Å². The molecule has 2 N–H and O–H groups in total. The molecular weight excluding hydrogens is 591 g/mol. The molecule has 6 rings (SSSR count). The number of hydrogen-bond donors (Lipinski definition) is 2. The summed E-state index contributed by atoms with van der Waals surface area (Å²) >= 11 is 9.02. The van der Waals surface area contributed by atoms with Crippen molar-refractivity contribution in [3.05, 3.63) is 119 Å². The van der Waals surface area contributed by atoms with E-state index in [1.807, 2.05) is 71.6 Å². The van der Waals surface area contributed by atoms with Gasteiger partial charge in [0.15, 0.2) is 5.11 Å². The van der Waals surface area contributed by atoms with Crippen LogP contribution >= 0.6 is 28.1 Å². The van der Waals surface area contributed by atoms with Crippen LogP contribution in [0.1, 0.15) is 30.0 Å². The predicted molar refractivity (Wildman–Crippen MR) is 161 cm³/mol. The number of nitrogens with one attached hydrogen (secondary N) is 2. The van der Waals surface area contributed by atoms with Gasteiger partial charge in [-0.1, -0.05) is 58.4 Å². The Bertz CT molecular complexity index is 1710. The maximum absolute atomic E-state index is 14.7. The van der Waals surface area contributed by atoms with Crippen LogP contribution in [0.2, 0.25) is 0 Å². The third-order valence-electron chi connectivity index (χ3n) is 6.96. The minimum absolute atomic E-state index is 0.128. The van der Waals surface area contributed by atoms with Gasteiger partial charge in [-0.25, -0.2) is 4.39 Å². The van der Waals surface area contributed by atoms with Gasteiger partial charge in [0, 0.05) is 34.7 Å². The maximum atomic E-state index is 14.7. The summed E-state index contributed by atoms with van der Waals surface area (Å²) in [6.45, 7) is 0.346. The highest BCUT2D eigenvalue weighted by Crippen LogP contribution is 2.41. The minimum Gasteiger partial charge on any atom is -0.459 e. The number of nitrogens with zero attached hydrogens (tertiary/aromatic N) is 2. The van der Waals surface area contributed by atoms with Crippen molar-refractivity contribution >= 4 is 55.6 Å². The molecule has 5 aromatic rings. The number of amides is 1. The minimum atomic E-state index is -0.390. The van der Waals surface area contributed by atoms with E-state index in [9.17, 15) is 9.18 Å². The molecule has 6 nitrogen and oxygen atoms in total. The molecule has 2 unspecified atom stereocenters. The van der Waals surface area contributed by atoms with E-state index in [4.69, 9.17) is 16.6 Å². The van der Waals surface area contributed by atoms with E-state index in [2.05, 4.69) is 31.5 Å². The number of aromatic nitrogens is 1. The molecule has 2 aromatic heterocycles. The molecule has 0 aliphatic carbocycles. The molecule has 1 aliphatic heterocycles. The van der Waals surface area contributed by atoms with Gasteiger partial charge in [0.25, 0.3) is 0 Å². The first-order valence-corrected chi connectivity index (χ1v) is 14.0. The van der Waals surface area contributed by atoms with Crippen molar-refractivity contribution < 1.29 is 13.6 Å². The zero-order chi connectivity index (χ0) is 27.6. The summed E-state index contributed by atoms with van der Waals surface area (Å²) in [6, 6.07) is 27.2. The Morgan fingerprint density at radius 1 is 1.05 bits per heavy atom. The van der Waals surface area contributed by atoms with Gasteiger partial charge >= 0.3 is 0 Å². The molecule has 1 amide bonds. The fourth-order valence-corrected chi connectivity index (χ4v) is 5.74. The summed E-state index contributed by atoms with van der Waals surface area (Å²) < 4.78 is 21.6. The van der Waals surface area contributed by atoms with Gasteiger partial charge in [-0.15, -0.1) is 0 Å². The zero-order valence-electron chi connectivity index (χ0n) is 21.2. The van der Waals surface area contributed by atoms with Crippen LogP contribution in [-0.4, -0.2) is 27.4 Å². The van der Waals surface area contributed by atoms with Gasteiger partial charge in [-0.3, -0.25) is 9.78 Å². The van der Waals surface area contributed by atoms with Gasteiger partial charge in [0.2, 0.25) is 5.91 Å². The van der Waals surface area contributed by atoms with Crippen molar-refractivity contribution in [3.8, 4) is 11.3 Å².